The van der Waals surface area contributed by atoms with Crippen LogP contribution in [0, 0.1) is 11.3 Å². The second-order valence-corrected chi connectivity index (χ2v) is 7.23. The zero-order valence-corrected chi connectivity index (χ0v) is 17.7. The number of nitrogens with one attached hydrogen (secondary N) is 2. The van der Waals surface area contributed by atoms with Crippen molar-refractivity contribution in [2.45, 2.75) is 58.8 Å². The van der Waals surface area contributed by atoms with Gasteiger partial charge in [0.2, 0.25) is 0 Å². The van der Waals surface area contributed by atoms with Gasteiger partial charge in [-0.25, -0.2) is 0 Å². The van der Waals surface area contributed by atoms with E-state index in [1.165, 1.54) is 64.6 Å². The number of hydrogen-bond donors (Lipinski definition) is 2. The largest absolute Gasteiger partial charge is 0.356 e. The topological polar surface area (TPSA) is 39.7 Å². The number of aliphatic imine (C=N–C) groups is 1. The van der Waals surface area contributed by atoms with E-state index in [0.29, 0.717) is 5.41 Å². The summed E-state index contributed by atoms with van der Waals surface area (Å²) >= 11 is 0. The van der Waals surface area contributed by atoms with Crippen molar-refractivity contribution >= 4 is 29.9 Å². The van der Waals surface area contributed by atoms with Gasteiger partial charge in [0.15, 0.2) is 5.96 Å². The monoisotopic (exact) mass is 436 g/mol. The van der Waals surface area contributed by atoms with Crippen molar-refractivity contribution in [3.05, 3.63) is 0 Å². The van der Waals surface area contributed by atoms with E-state index in [1.807, 2.05) is 7.05 Å². The third-order valence-electron chi connectivity index (χ3n) is 6.02. The first kappa shape index (κ1) is 21.0. The smallest absolute Gasteiger partial charge is 0.190 e. The molecule has 1 saturated heterocycles. The van der Waals surface area contributed by atoms with Crippen LogP contribution in [-0.2, 0) is 0 Å². The van der Waals surface area contributed by atoms with Gasteiger partial charge in [-0.05, 0) is 69.5 Å². The molecule has 0 amide bonds. The van der Waals surface area contributed by atoms with Gasteiger partial charge in [-0.15, -0.1) is 24.0 Å². The second kappa shape index (κ2) is 10.7. The molecule has 2 rings (SSSR count). The van der Waals surface area contributed by atoms with Crippen molar-refractivity contribution in [2.24, 2.45) is 16.3 Å². The lowest BCUT2D eigenvalue weighted by atomic mass is 9.67. The van der Waals surface area contributed by atoms with Gasteiger partial charge in [0.25, 0.3) is 0 Å². The Kier molecular flexibility index (Phi) is 9.82. The van der Waals surface area contributed by atoms with Crippen LogP contribution in [0.25, 0.3) is 0 Å². The minimum absolute atomic E-state index is 0. The molecule has 1 aliphatic carbocycles. The Labute approximate surface area is 160 Å². The quantitative estimate of drug-likeness (QED) is 0.365. The third-order valence-corrected chi connectivity index (χ3v) is 6.02. The van der Waals surface area contributed by atoms with Gasteiger partial charge >= 0.3 is 0 Å². The molecule has 2 aliphatic rings. The standard InChI is InChI=1S/C18H36N4.HI/c1-4-18(10-6-11-18)15-21-17(19-3)20-12-7-16-8-13-22(5-2)14-9-16;/h16H,4-15H2,1-3H3,(H2,19,20,21);1H. The number of piperidine rings is 1. The molecule has 0 atom stereocenters. The summed E-state index contributed by atoms with van der Waals surface area (Å²) in [5.74, 6) is 1.88. The molecule has 0 unspecified atom stereocenters. The van der Waals surface area contributed by atoms with Crippen molar-refractivity contribution in [1.29, 1.82) is 0 Å². The molecule has 5 heteroatoms. The van der Waals surface area contributed by atoms with Crippen molar-refractivity contribution < 1.29 is 0 Å². The zero-order valence-electron chi connectivity index (χ0n) is 15.4. The SMILES string of the molecule is CCN1CCC(CCNC(=NC)NCC2(CC)CCC2)CC1.I. The lowest BCUT2D eigenvalue weighted by Crippen LogP contribution is -2.46. The van der Waals surface area contributed by atoms with Crippen LogP contribution in [0.1, 0.15) is 58.8 Å². The number of likely N-dealkylation sites (tertiary alicyclic amines) is 1. The summed E-state index contributed by atoms with van der Waals surface area (Å²) in [6, 6.07) is 0. The fourth-order valence-corrected chi connectivity index (χ4v) is 3.81. The van der Waals surface area contributed by atoms with Crippen molar-refractivity contribution in [1.82, 2.24) is 15.5 Å². The second-order valence-electron chi connectivity index (χ2n) is 7.23. The first-order valence-electron chi connectivity index (χ1n) is 9.38. The van der Waals surface area contributed by atoms with Crippen LogP contribution >= 0.6 is 24.0 Å². The highest BCUT2D eigenvalue weighted by Crippen LogP contribution is 2.42. The lowest BCUT2D eigenvalue weighted by molar-refractivity contribution is 0.131. The molecular formula is C18H37IN4. The van der Waals surface area contributed by atoms with E-state index in [-0.39, 0.29) is 24.0 Å². The molecular weight excluding hydrogens is 399 g/mol. The first-order valence-corrected chi connectivity index (χ1v) is 9.38. The molecule has 1 heterocycles. The van der Waals surface area contributed by atoms with Crippen LogP contribution in [0.4, 0.5) is 0 Å². The van der Waals surface area contributed by atoms with Crippen molar-refractivity contribution in [3.63, 3.8) is 0 Å². The molecule has 1 saturated carbocycles. The summed E-state index contributed by atoms with van der Waals surface area (Å²) in [4.78, 5) is 6.94. The Balaban J connectivity index is 0.00000264. The van der Waals surface area contributed by atoms with E-state index in [2.05, 4.69) is 34.4 Å². The maximum atomic E-state index is 4.38. The average Bonchev–Trinajstić information content (AvgIpc) is 2.53. The lowest BCUT2D eigenvalue weighted by Gasteiger charge is -2.41. The van der Waals surface area contributed by atoms with Crippen LogP contribution in [0.15, 0.2) is 4.99 Å². The van der Waals surface area contributed by atoms with Gasteiger partial charge in [-0.3, -0.25) is 4.99 Å². The Morgan fingerprint density at radius 2 is 1.87 bits per heavy atom. The molecule has 2 N–H and O–H groups in total. The number of halogens is 1. The van der Waals surface area contributed by atoms with Crippen LogP contribution in [0.5, 0.6) is 0 Å². The van der Waals surface area contributed by atoms with Crippen LogP contribution in [-0.4, -0.2) is 50.6 Å². The predicted octanol–water partition coefficient (Wildman–Crippen LogP) is 3.47. The number of guanidine groups is 1. The molecule has 4 nitrogen and oxygen atoms in total. The Hall–Kier alpha value is -0.0400. The molecule has 0 spiro atoms. The molecule has 0 aromatic rings. The van der Waals surface area contributed by atoms with Gasteiger partial charge in [0, 0.05) is 20.1 Å². The Morgan fingerprint density at radius 1 is 1.17 bits per heavy atom. The minimum Gasteiger partial charge on any atom is -0.356 e. The number of hydrogen-bond acceptors (Lipinski definition) is 2. The summed E-state index contributed by atoms with van der Waals surface area (Å²) in [6.07, 6.45) is 9.44. The van der Waals surface area contributed by atoms with E-state index in [9.17, 15) is 0 Å². The summed E-state index contributed by atoms with van der Waals surface area (Å²) in [6.45, 7) is 10.5. The summed E-state index contributed by atoms with van der Waals surface area (Å²) in [7, 11) is 1.88. The van der Waals surface area contributed by atoms with Gasteiger partial charge in [0.05, 0.1) is 0 Å². The molecule has 0 aromatic heterocycles. The van der Waals surface area contributed by atoms with E-state index in [0.717, 1.165) is 25.0 Å². The van der Waals surface area contributed by atoms with Gasteiger partial charge < -0.3 is 15.5 Å². The van der Waals surface area contributed by atoms with Gasteiger partial charge in [0.1, 0.15) is 0 Å². The van der Waals surface area contributed by atoms with Gasteiger partial charge in [-0.2, -0.15) is 0 Å². The molecule has 136 valence electrons. The number of nitrogens with zero attached hydrogens (tertiary/aromatic N) is 2. The summed E-state index contributed by atoms with van der Waals surface area (Å²) in [5.41, 5.74) is 0.546. The van der Waals surface area contributed by atoms with Crippen LogP contribution in [0.2, 0.25) is 0 Å². The molecule has 1 aliphatic heterocycles. The van der Waals surface area contributed by atoms with Gasteiger partial charge in [-0.1, -0.05) is 20.3 Å². The maximum Gasteiger partial charge on any atom is 0.190 e. The van der Waals surface area contributed by atoms with Crippen LogP contribution < -0.4 is 10.6 Å². The first-order chi connectivity index (χ1) is 10.7. The van der Waals surface area contributed by atoms with Crippen molar-refractivity contribution in [3.8, 4) is 0 Å². The van der Waals surface area contributed by atoms with E-state index >= 15 is 0 Å². The molecule has 0 radical (unpaired) electrons. The third kappa shape index (κ3) is 6.40. The Bertz CT molecular complexity index is 341. The maximum absolute atomic E-state index is 4.38. The van der Waals surface area contributed by atoms with Crippen LogP contribution in [0.3, 0.4) is 0 Å². The minimum atomic E-state index is 0. The predicted molar refractivity (Wildman–Crippen MR) is 111 cm³/mol. The highest BCUT2D eigenvalue weighted by atomic mass is 127. The summed E-state index contributed by atoms with van der Waals surface area (Å²) in [5, 5.41) is 7.06. The van der Waals surface area contributed by atoms with E-state index in [1.54, 1.807) is 0 Å². The average molecular weight is 436 g/mol. The molecule has 2 fully saturated rings. The Morgan fingerprint density at radius 3 is 2.35 bits per heavy atom. The molecule has 0 aromatic carbocycles. The fourth-order valence-electron chi connectivity index (χ4n) is 3.81. The fraction of sp³-hybridized carbons (Fsp3) is 0.944. The zero-order chi connectivity index (χ0) is 15.8. The van der Waals surface area contributed by atoms with Crippen molar-refractivity contribution in [2.75, 3.05) is 39.8 Å². The normalized spacial score (nSPS) is 22.1. The van der Waals surface area contributed by atoms with E-state index < -0.39 is 0 Å². The van der Waals surface area contributed by atoms with E-state index in [4.69, 9.17) is 0 Å². The number of rotatable bonds is 7. The highest BCUT2D eigenvalue weighted by molar-refractivity contribution is 14.0. The highest BCUT2D eigenvalue weighted by Gasteiger charge is 2.34. The molecule has 0 bridgehead atoms. The summed E-state index contributed by atoms with van der Waals surface area (Å²) < 4.78 is 0. The molecule has 23 heavy (non-hydrogen) atoms.